The lowest BCUT2D eigenvalue weighted by Gasteiger charge is -2.23. The predicted octanol–water partition coefficient (Wildman–Crippen LogP) is 7.28. The van der Waals surface area contributed by atoms with Gasteiger partial charge < -0.3 is 14.6 Å². The molecule has 0 radical (unpaired) electrons. The van der Waals surface area contributed by atoms with Gasteiger partial charge in [-0.15, -0.1) is 10.2 Å². The van der Waals surface area contributed by atoms with E-state index in [0.717, 1.165) is 12.0 Å². The van der Waals surface area contributed by atoms with Crippen LogP contribution in [0.1, 0.15) is 49.9 Å². The lowest BCUT2D eigenvalue weighted by molar-refractivity contribution is -0.132. The van der Waals surface area contributed by atoms with Gasteiger partial charge in [-0.1, -0.05) is 104 Å². The normalized spacial score (nSPS) is 16.2. The Morgan fingerprint density at radius 3 is 2.40 bits per heavy atom. The molecule has 222 valence electrons. The Balaban J connectivity index is 1.55. The molecule has 8 nitrogen and oxygen atoms in total. The second kappa shape index (κ2) is 13.9. The van der Waals surface area contributed by atoms with E-state index in [2.05, 4.69) is 24.0 Å². The third-order valence-electron chi connectivity index (χ3n) is 6.83. The molecule has 1 amide bonds. The molecule has 1 atom stereocenters. The van der Waals surface area contributed by atoms with E-state index < -0.39 is 17.7 Å². The fourth-order valence-electron chi connectivity index (χ4n) is 4.66. The van der Waals surface area contributed by atoms with E-state index in [1.807, 2.05) is 43.3 Å². The van der Waals surface area contributed by atoms with Crippen LogP contribution in [0.3, 0.4) is 0 Å². The second-order valence-corrected chi connectivity index (χ2v) is 12.5. The zero-order chi connectivity index (χ0) is 30.3. The lowest BCUT2D eigenvalue weighted by Crippen LogP contribution is -2.29. The van der Waals surface area contributed by atoms with E-state index >= 15 is 0 Å². The van der Waals surface area contributed by atoms with E-state index in [9.17, 15) is 14.7 Å². The van der Waals surface area contributed by atoms with E-state index in [0.29, 0.717) is 51.9 Å². The standard InChI is InChI=1S/C33H33N3O5S2/c1-4-40-26-19-24(15-16-25(26)41-18-17-21(2)3)28-27(29(37)23-13-9-6-10-14-23)30(38)31(39)36(28)32-34-35-33(43-32)42-20-22-11-7-5-8-12-22/h5-16,19,21,28,37H,4,17-18,20H2,1-3H3/b29-27+. The molecule has 1 unspecified atom stereocenters. The molecule has 1 aliphatic heterocycles. The average Bonchev–Trinajstić information content (AvgIpc) is 3.59. The molecule has 0 aliphatic carbocycles. The number of aliphatic hydroxyl groups excluding tert-OH is 1. The minimum Gasteiger partial charge on any atom is -0.507 e. The van der Waals surface area contributed by atoms with Gasteiger partial charge in [0.15, 0.2) is 15.8 Å². The number of aliphatic hydroxyl groups is 1. The maximum Gasteiger partial charge on any atom is 0.301 e. The summed E-state index contributed by atoms with van der Waals surface area (Å²) in [5.74, 6) is 0.387. The molecule has 0 saturated carbocycles. The largest absolute Gasteiger partial charge is 0.507 e. The first-order chi connectivity index (χ1) is 20.9. The van der Waals surface area contributed by atoms with Crippen LogP contribution >= 0.6 is 23.1 Å². The Hall–Kier alpha value is -4.15. The van der Waals surface area contributed by atoms with Crippen molar-refractivity contribution in [2.24, 2.45) is 5.92 Å². The molecule has 0 bridgehead atoms. The molecule has 5 rings (SSSR count). The van der Waals surface area contributed by atoms with Crippen molar-refractivity contribution >= 4 is 45.7 Å². The summed E-state index contributed by atoms with van der Waals surface area (Å²) in [7, 11) is 0. The van der Waals surface area contributed by atoms with Gasteiger partial charge in [-0.05, 0) is 42.5 Å². The topological polar surface area (TPSA) is 102 Å². The molecule has 1 fully saturated rings. The van der Waals surface area contributed by atoms with Crippen molar-refractivity contribution in [3.8, 4) is 11.5 Å². The minimum absolute atomic E-state index is 0.0270. The third-order valence-corrected chi connectivity index (χ3v) is 8.96. The summed E-state index contributed by atoms with van der Waals surface area (Å²) in [5, 5.41) is 20.3. The Labute approximate surface area is 259 Å². The van der Waals surface area contributed by atoms with Gasteiger partial charge in [0.1, 0.15) is 5.76 Å². The summed E-state index contributed by atoms with van der Waals surface area (Å²) in [5.41, 5.74) is 2.11. The van der Waals surface area contributed by atoms with Crippen LogP contribution < -0.4 is 14.4 Å². The number of nitrogens with zero attached hydrogens (tertiary/aromatic N) is 3. The number of thioether (sulfide) groups is 1. The summed E-state index contributed by atoms with van der Waals surface area (Å²) < 4.78 is 12.6. The Bertz CT molecular complexity index is 1610. The van der Waals surface area contributed by atoms with Crippen LogP contribution in [-0.4, -0.2) is 40.2 Å². The number of benzene rings is 3. The van der Waals surface area contributed by atoms with E-state index in [1.165, 1.54) is 28.0 Å². The SMILES string of the molecule is CCOc1cc(C2/C(=C(\O)c3ccccc3)C(=O)C(=O)N2c2nnc(SCc3ccccc3)s2)ccc1OCCC(C)C. The number of ketones is 1. The molecule has 1 saturated heterocycles. The van der Waals surface area contributed by atoms with Crippen molar-refractivity contribution in [3.05, 3.63) is 101 Å². The van der Waals surface area contributed by atoms with Gasteiger partial charge in [-0.25, -0.2) is 0 Å². The minimum atomic E-state index is -0.955. The van der Waals surface area contributed by atoms with Crippen LogP contribution in [0.2, 0.25) is 0 Å². The monoisotopic (exact) mass is 615 g/mol. The molecule has 10 heteroatoms. The Kier molecular flexibility index (Phi) is 9.79. The number of aromatic nitrogens is 2. The quantitative estimate of drug-likeness (QED) is 0.0583. The van der Waals surface area contributed by atoms with Gasteiger partial charge in [0, 0.05) is 11.3 Å². The predicted molar refractivity (Wildman–Crippen MR) is 170 cm³/mol. The van der Waals surface area contributed by atoms with E-state index in [1.54, 1.807) is 42.5 Å². The molecule has 1 N–H and O–H groups in total. The molecule has 1 aromatic heterocycles. The molecule has 2 heterocycles. The second-order valence-electron chi connectivity index (χ2n) is 10.3. The fourth-order valence-corrected chi connectivity index (χ4v) is 6.48. The van der Waals surface area contributed by atoms with Gasteiger partial charge in [-0.3, -0.25) is 14.5 Å². The summed E-state index contributed by atoms with van der Waals surface area (Å²) in [4.78, 5) is 28.5. The number of carbonyl (C=O) groups excluding carboxylic acids is 2. The zero-order valence-corrected chi connectivity index (χ0v) is 25.9. The number of hydrogen-bond donors (Lipinski definition) is 1. The van der Waals surface area contributed by atoms with Crippen molar-refractivity contribution < 1.29 is 24.2 Å². The molecule has 0 spiro atoms. The third kappa shape index (κ3) is 6.92. The number of Topliss-reactive ketones (excluding diaryl/α,β-unsaturated/α-hetero) is 1. The van der Waals surface area contributed by atoms with Crippen molar-refractivity contribution in [1.29, 1.82) is 0 Å². The van der Waals surface area contributed by atoms with Crippen LogP contribution in [0.5, 0.6) is 11.5 Å². The van der Waals surface area contributed by atoms with Crippen LogP contribution in [0.4, 0.5) is 5.13 Å². The van der Waals surface area contributed by atoms with Gasteiger partial charge >= 0.3 is 5.91 Å². The Morgan fingerprint density at radius 2 is 1.70 bits per heavy atom. The summed E-state index contributed by atoms with van der Waals surface area (Å²) in [6.07, 6.45) is 0.881. The number of ether oxygens (including phenoxy) is 2. The van der Waals surface area contributed by atoms with Gasteiger partial charge in [0.2, 0.25) is 5.13 Å². The highest BCUT2D eigenvalue weighted by Gasteiger charge is 2.48. The van der Waals surface area contributed by atoms with Crippen LogP contribution in [0.25, 0.3) is 5.76 Å². The lowest BCUT2D eigenvalue weighted by atomic mass is 9.95. The highest BCUT2D eigenvalue weighted by molar-refractivity contribution is 8.00. The first-order valence-corrected chi connectivity index (χ1v) is 15.9. The molecule has 1 aliphatic rings. The average molecular weight is 616 g/mol. The number of carbonyl (C=O) groups is 2. The maximum atomic E-state index is 13.6. The first-order valence-electron chi connectivity index (χ1n) is 14.1. The molecule has 43 heavy (non-hydrogen) atoms. The van der Waals surface area contributed by atoms with Crippen LogP contribution in [0, 0.1) is 5.92 Å². The van der Waals surface area contributed by atoms with E-state index in [4.69, 9.17) is 9.47 Å². The number of hydrogen-bond acceptors (Lipinski definition) is 9. The fraction of sp³-hybridized carbons (Fsp3) is 0.273. The van der Waals surface area contributed by atoms with Crippen molar-refractivity contribution in [2.75, 3.05) is 18.1 Å². The van der Waals surface area contributed by atoms with Crippen molar-refractivity contribution in [2.45, 2.75) is 43.3 Å². The number of anilines is 1. The highest BCUT2D eigenvalue weighted by Crippen LogP contribution is 2.45. The van der Waals surface area contributed by atoms with Crippen LogP contribution in [-0.2, 0) is 15.3 Å². The number of rotatable bonds is 12. The Morgan fingerprint density at radius 1 is 0.977 bits per heavy atom. The molecular formula is C33H33N3O5S2. The van der Waals surface area contributed by atoms with Gasteiger partial charge in [0.05, 0.1) is 24.8 Å². The summed E-state index contributed by atoms with van der Waals surface area (Å²) in [6.45, 7) is 7.06. The van der Waals surface area contributed by atoms with Gasteiger partial charge in [0.25, 0.3) is 5.78 Å². The van der Waals surface area contributed by atoms with Gasteiger partial charge in [-0.2, -0.15) is 0 Å². The molecule has 4 aromatic rings. The van der Waals surface area contributed by atoms with Crippen molar-refractivity contribution in [3.63, 3.8) is 0 Å². The summed E-state index contributed by atoms with van der Waals surface area (Å²) >= 11 is 2.73. The highest BCUT2D eigenvalue weighted by atomic mass is 32.2. The molecular weight excluding hydrogens is 583 g/mol. The smallest absolute Gasteiger partial charge is 0.301 e. The zero-order valence-electron chi connectivity index (χ0n) is 24.2. The molecule has 3 aromatic carbocycles. The van der Waals surface area contributed by atoms with E-state index in [-0.39, 0.29) is 16.5 Å². The first kappa shape index (κ1) is 30.3. The summed E-state index contributed by atoms with van der Waals surface area (Å²) in [6, 6.07) is 23.1. The van der Waals surface area contributed by atoms with Crippen molar-refractivity contribution in [1.82, 2.24) is 10.2 Å². The maximum absolute atomic E-state index is 13.6. The van der Waals surface area contributed by atoms with Crippen LogP contribution in [0.15, 0.2) is 88.8 Å². The number of amides is 1.